The number of halogens is 2. The normalized spacial score (nSPS) is 10.9. The van der Waals surface area contributed by atoms with Gasteiger partial charge in [0.25, 0.3) is 0 Å². The van der Waals surface area contributed by atoms with Gasteiger partial charge in [-0.05, 0) is 45.0 Å². The number of nitrogens with zero attached hydrogens (tertiary/aromatic N) is 1. The number of nitrogen functional groups attached to an aromatic ring is 1. The highest BCUT2D eigenvalue weighted by molar-refractivity contribution is 6.32. The highest BCUT2D eigenvalue weighted by atomic mass is 35.5. The van der Waals surface area contributed by atoms with Gasteiger partial charge < -0.3 is 15.2 Å². The first-order valence-electron chi connectivity index (χ1n) is 7.28. The van der Waals surface area contributed by atoms with Crippen LogP contribution in [0.1, 0.15) is 20.8 Å². The van der Waals surface area contributed by atoms with Crippen molar-refractivity contribution < 1.29 is 18.7 Å². The number of carbonyl (C=O) groups excluding carboxylic acids is 1. The Bertz CT molecular complexity index is 780. The lowest BCUT2D eigenvalue weighted by atomic mass is 10.2. The van der Waals surface area contributed by atoms with Crippen molar-refractivity contribution in [2.24, 2.45) is 0 Å². The van der Waals surface area contributed by atoms with Gasteiger partial charge in [-0.25, -0.2) is 14.6 Å². The average Bonchev–Trinajstić information content (AvgIpc) is 2.50. The molecule has 9 heteroatoms. The Morgan fingerprint density at radius 1 is 1.28 bits per heavy atom. The number of aromatic nitrogens is 1. The molecule has 25 heavy (non-hydrogen) atoms. The highest BCUT2D eigenvalue weighted by Crippen LogP contribution is 2.32. The monoisotopic (exact) mass is 368 g/mol. The molecule has 0 saturated carbocycles. The number of ether oxygens (including phenoxy) is 2. The first-order chi connectivity index (χ1) is 11.6. The van der Waals surface area contributed by atoms with Gasteiger partial charge in [-0.2, -0.15) is 4.98 Å². The molecule has 1 heterocycles. The zero-order valence-electron chi connectivity index (χ0n) is 13.9. The molecule has 0 radical (unpaired) electrons. The van der Waals surface area contributed by atoms with E-state index in [2.05, 4.69) is 15.8 Å². The number of hydrogen-bond donors (Lipinski definition) is 3. The molecular formula is C16H18ClFN4O3. The van der Waals surface area contributed by atoms with Crippen LogP contribution in [-0.2, 0) is 4.74 Å². The number of rotatable bonds is 4. The Balaban J connectivity index is 2.09. The third kappa shape index (κ3) is 5.68. The van der Waals surface area contributed by atoms with E-state index in [0.29, 0.717) is 0 Å². The van der Waals surface area contributed by atoms with E-state index in [-0.39, 0.29) is 28.2 Å². The molecule has 0 spiro atoms. The fourth-order valence-corrected chi connectivity index (χ4v) is 1.84. The fraction of sp³-hybridized carbons (Fsp3) is 0.250. The zero-order valence-corrected chi connectivity index (χ0v) is 14.6. The Morgan fingerprint density at radius 3 is 2.68 bits per heavy atom. The molecule has 7 nitrogen and oxygen atoms in total. The molecule has 0 fully saturated rings. The van der Waals surface area contributed by atoms with E-state index < -0.39 is 17.5 Å². The number of carbonyl (C=O) groups is 1. The Hall–Kier alpha value is -2.74. The van der Waals surface area contributed by atoms with Gasteiger partial charge >= 0.3 is 6.09 Å². The molecule has 2 aromatic rings. The topological polar surface area (TPSA) is 98.5 Å². The second-order valence-electron chi connectivity index (χ2n) is 6.02. The van der Waals surface area contributed by atoms with Crippen LogP contribution in [-0.4, -0.2) is 16.7 Å². The van der Waals surface area contributed by atoms with E-state index in [1.165, 1.54) is 24.3 Å². The highest BCUT2D eigenvalue weighted by Gasteiger charge is 2.16. The van der Waals surface area contributed by atoms with Crippen molar-refractivity contribution in [3.05, 3.63) is 41.2 Å². The zero-order chi connectivity index (χ0) is 18.6. The van der Waals surface area contributed by atoms with Crippen molar-refractivity contribution in [1.29, 1.82) is 0 Å². The summed E-state index contributed by atoms with van der Waals surface area (Å²) in [4.78, 5) is 15.7. The molecule has 1 aromatic heterocycles. The lowest BCUT2D eigenvalue weighted by Crippen LogP contribution is -2.36. The maximum Gasteiger partial charge on any atom is 0.426 e. The molecule has 2 rings (SSSR count). The van der Waals surface area contributed by atoms with Crippen LogP contribution in [0.3, 0.4) is 0 Å². The summed E-state index contributed by atoms with van der Waals surface area (Å²) >= 11 is 5.95. The number of hydrazine groups is 1. The van der Waals surface area contributed by atoms with Crippen LogP contribution in [0.4, 0.5) is 20.7 Å². The van der Waals surface area contributed by atoms with Crippen molar-refractivity contribution in [2.75, 3.05) is 11.2 Å². The summed E-state index contributed by atoms with van der Waals surface area (Å²) in [6.45, 7) is 5.22. The van der Waals surface area contributed by atoms with Gasteiger partial charge in [0, 0.05) is 6.07 Å². The van der Waals surface area contributed by atoms with Gasteiger partial charge in [0.2, 0.25) is 5.88 Å². The summed E-state index contributed by atoms with van der Waals surface area (Å²) in [7, 11) is 0. The van der Waals surface area contributed by atoms with Crippen LogP contribution in [0.25, 0.3) is 0 Å². The number of benzene rings is 1. The van der Waals surface area contributed by atoms with E-state index in [4.69, 9.17) is 26.8 Å². The first-order valence-corrected chi connectivity index (χ1v) is 7.66. The average molecular weight is 369 g/mol. The third-order valence-electron chi connectivity index (χ3n) is 2.68. The van der Waals surface area contributed by atoms with Crippen molar-refractivity contribution in [3.8, 4) is 11.6 Å². The molecule has 0 aliphatic heterocycles. The van der Waals surface area contributed by atoms with Crippen LogP contribution in [0.5, 0.6) is 11.6 Å². The van der Waals surface area contributed by atoms with E-state index in [0.717, 1.165) is 6.07 Å². The van der Waals surface area contributed by atoms with Gasteiger partial charge in [0.15, 0.2) is 5.75 Å². The molecule has 1 amide bonds. The molecule has 0 saturated heterocycles. The van der Waals surface area contributed by atoms with Crippen LogP contribution in [0, 0.1) is 5.82 Å². The van der Waals surface area contributed by atoms with Gasteiger partial charge in [-0.1, -0.05) is 11.6 Å². The standard InChI is InChI=1S/C16H18ClFN4O3/c1-16(2,3)25-15(23)22-21-13-7-6-11(19)14(20-13)24-12-8-9(18)4-5-10(12)17/h4-8H,19H2,1-3H3,(H,20,21)(H,22,23). The fourth-order valence-electron chi connectivity index (χ4n) is 1.68. The summed E-state index contributed by atoms with van der Waals surface area (Å²) < 4.78 is 23.8. The van der Waals surface area contributed by atoms with Crippen LogP contribution < -0.4 is 21.3 Å². The molecular weight excluding hydrogens is 351 g/mol. The summed E-state index contributed by atoms with van der Waals surface area (Å²) in [5.74, 6) is -0.206. The number of nitrogens with two attached hydrogens (primary N) is 1. The second kappa shape index (κ2) is 7.43. The predicted molar refractivity (Wildman–Crippen MR) is 93.1 cm³/mol. The van der Waals surface area contributed by atoms with Crippen molar-refractivity contribution in [3.63, 3.8) is 0 Å². The summed E-state index contributed by atoms with van der Waals surface area (Å²) in [5.41, 5.74) is 10.3. The Morgan fingerprint density at radius 2 is 2.00 bits per heavy atom. The minimum atomic E-state index is -0.679. The van der Waals surface area contributed by atoms with Gasteiger partial charge in [-0.3, -0.25) is 5.43 Å². The quantitative estimate of drug-likeness (QED) is 0.703. The van der Waals surface area contributed by atoms with Gasteiger partial charge in [-0.15, -0.1) is 0 Å². The van der Waals surface area contributed by atoms with Crippen LogP contribution in [0.15, 0.2) is 30.3 Å². The molecule has 0 atom stereocenters. The molecule has 4 N–H and O–H groups in total. The first kappa shape index (κ1) is 18.6. The van der Waals surface area contributed by atoms with Gasteiger partial charge in [0.05, 0.1) is 10.7 Å². The number of anilines is 2. The Kier molecular flexibility index (Phi) is 5.53. The molecule has 0 bridgehead atoms. The second-order valence-corrected chi connectivity index (χ2v) is 6.43. The summed E-state index contributed by atoms with van der Waals surface area (Å²) in [6, 6.07) is 6.70. The van der Waals surface area contributed by atoms with Crippen molar-refractivity contribution >= 4 is 29.2 Å². The van der Waals surface area contributed by atoms with E-state index >= 15 is 0 Å². The maximum atomic E-state index is 13.3. The minimum absolute atomic E-state index is 0.00323. The third-order valence-corrected chi connectivity index (χ3v) is 2.99. The summed E-state index contributed by atoms with van der Waals surface area (Å²) in [5, 5.41) is 0.202. The Labute approximate surface area is 149 Å². The van der Waals surface area contributed by atoms with E-state index in [9.17, 15) is 9.18 Å². The maximum absolute atomic E-state index is 13.3. The molecule has 0 aliphatic rings. The smallest absolute Gasteiger partial charge is 0.426 e. The predicted octanol–water partition coefficient (Wildman–Crippen LogP) is 4.10. The van der Waals surface area contributed by atoms with Crippen molar-refractivity contribution in [1.82, 2.24) is 10.4 Å². The SMILES string of the molecule is CC(C)(C)OC(=O)NNc1ccc(N)c(Oc2cc(F)ccc2Cl)n1. The van der Waals surface area contributed by atoms with E-state index in [1.807, 2.05) is 0 Å². The molecule has 0 aliphatic carbocycles. The number of pyridine rings is 1. The van der Waals surface area contributed by atoms with Crippen LogP contribution in [0.2, 0.25) is 5.02 Å². The largest absolute Gasteiger partial charge is 0.443 e. The molecule has 134 valence electrons. The lowest BCUT2D eigenvalue weighted by molar-refractivity contribution is 0.0541. The molecule has 0 unspecified atom stereocenters. The van der Waals surface area contributed by atoms with E-state index in [1.54, 1.807) is 20.8 Å². The van der Waals surface area contributed by atoms with Crippen LogP contribution >= 0.6 is 11.6 Å². The van der Waals surface area contributed by atoms with Gasteiger partial charge in [0.1, 0.15) is 17.2 Å². The number of amides is 1. The lowest BCUT2D eigenvalue weighted by Gasteiger charge is -2.20. The number of hydrogen-bond acceptors (Lipinski definition) is 6. The number of nitrogens with one attached hydrogen (secondary N) is 2. The van der Waals surface area contributed by atoms with Crippen molar-refractivity contribution in [2.45, 2.75) is 26.4 Å². The molecule has 1 aromatic carbocycles. The summed E-state index contributed by atoms with van der Waals surface area (Å²) in [6.07, 6.45) is -0.679. The minimum Gasteiger partial charge on any atom is -0.443 e.